The molecule has 0 N–H and O–H groups in total. The number of anilines is 2. The van der Waals surface area contributed by atoms with E-state index < -0.39 is 0 Å². The lowest BCUT2D eigenvalue weighted by molar-refractivity contribution is 0.0659. The number of hydrogen-bond acceptors (Lipinski definition) is 5. The Bertz CT molecular complexity index is 586. The summed E-state index contributed by atoms with van der Waals surface area (Å²) in [5.41, 5.74) is 2.42. The molecular weight excluding hydrogens is 294 g/mol. The van der Waals surface area contributed by atoms with E-state index in [-0.39, 0.29) is 0 Å². The minimum Gasteiger partial charge on any atom is -0.326 e. The maximum Gasteiger partial charge on any atom is 0.122 e. The molecule has 0 spiro atoms. The summed E-state index contributed by atoms with van der Waals surface area (Å²) in [5.74, 6) is 0.681. The van der Waals surface area contributed by atoms with Crippen LogP contribution in [-0.4, -0.2) is 37.7 Å². The average molecular weight is 317 g/mol. The van der Waals surface area contributed by atoms with Gasteiger partial charge in [-0.05, 0) is 55.9 Å². The van der Waals surface area contributed by atoms with Crippen LogP contribution in [0.2, 0.25) is 0 Å². The molecule has 1 saturated heterocycles. The summed E-state index contributed by atoms with van der Waals surface area (Å²) in [5, 5.41) is 5.43. The topological polar surface area (TPSA) is 19.0 Å². The largest absolute Gasteiger partial charge is 0.326 e. The van der Waals surface area contributed by atoms with Crippen molar-refractivity contribution in [1.82, 2.24) is 4.90 Å². The van der Waals surface area contributed by atoms with Crippen LogP contribution in [0.3, 0.4) is 0 Å². The lowest BCUT2D eigenvalue weighted by Crippen LogP contribution is -2.36. The van der Waals surface area contributed by atoms with Crippen molar-refractivity contribution in [3.05, 3.63) is 35.5 Å². The van der Waals surface area contributed by atoms with E-state index in [9.17, 15) is 0 Å². The highest BCUT2D eigenvalue weighted by molar-refractivity contribution is 7.15. The Morgan fingerprint density at radius 1 is 1.32 bits per heavy atom. The van der Waals surface area contributed by atoms with Crippen LogP contribution in [-0.2, 0) is 4.84 Å². The molecule has 0 aromatic carbocycles. The predicted molar refractivity (Wildman–Crippen MR) is 92.2 cm³/mol. The van der Waals surface area contributed by atoms with E-state index in [1.807, 2.05) is 5.06 Å². The van der Waals surface area contributed by atoms with Crippen LogP contribution in [0.25, 0.3) is 0 Å². The second-order valence-corrected chi connectivity index (χ2v) is 7.07. The molecule has 22 heavy (non-hydrogen) atoms. The second-order valence-electron chi connectivity index (χ2n) is 6.18. The Labute approximate surface area is 136 Å². The van der Waals surface area contributed by atoms with Gasteiger partial charge in [-0.2, -0.15) is 0 Å². The summed E-state index contributed by atoms with van der Waals surface area (Å²) in [6, 6.07) is 2.16. The minimum atomic E-state index is 0.681. The molecule has 1 aromatic rings. The smallest absolute Gasteiger partial charge is 0.122 e. The fraction of sp³-hybridized carbons (Fsp3) is 0.529. The van der Waals surface area contributed by atoms with Crippen molar-refractivity contribution in [1.29, 1.82) is 0 Å². The molecule has 0 aliphatic carbocycles. The Hall–Kier alpha value is -1.30. The fourth-order valence-electron chi connectivity index (χ4n) is 3.40. The lowest BCUT2D eigenvalue weighted by Gasteiger charge is -2.34. The third kappa shape index (κ3) is 2.57. The molecular formula is C17H23N3OS. The number of hydrogen-bond donors (Lipinski definition) is 0. The number of allylic oxidation sites excluding steroid dienone is 1. The molecule has 5 heteroatoms. The van der Waals surface area contributed by atoms with E-state index in [1.165, 1.54) is 48.9 Å². The summed E-state index contributed by atoms with van der Waals surface area (Å²) >= 11 is 1.79. The van der Waals surface area contributed by atoms with Gasteiger partial charge in [0.05, 0.1) is 18.5 Å². The van der Waals surface area contributed by atoms with Crippen molar-refractivity contribution < 1.29 is 4.84 Å². The van der Waals surface area contributed by atoms with Crippen LogP contribution in [0.15, 0.2) is 35.5 Å². The van der Waals surface area contributed by atoms with Gasteiger partial charge in [-0.1, -0.05) is 13.0 Å². The van der Waals surface area contributed by atoms with E-state index in [0.717, 1.165) is 13.2 Å². The van der Waals surface area contributed by atoms with Gasteiger partial charge in [-0.25, -0.2) is 5.06 Å². The zero-order valence-corrected chi connectivity index (χ0v) is 13.9. The van der Waals surface area contributed by atoms with Crippen molar-refractivity contribution in [2.75, 3.05) is 42.7 Å². The molecule has 4 rings (SSSR count). The molecule has 118 valence electrons. The van der Waals surface area contributed by atoms with Crippen LogP contribution in [0.5, 0.6) is 0 Å². The Morgan fingerprint density at radius 2 is 2.18 bits per heavy atom. The molecule has 4 heterocycles. The first-order chi connectivity index (χ1) is 10.8. The van der Waals surface area contributed by atoms with Gasteiger partial charge in [0.25, 0.3) is 0 Å². The van der Waals surface area contributed by atoms with Crippen molar-refractivity contribution in [3.63, 3.8) is 0 Å². The Morgan fingerprint density at radius 3 is 3.00 bits per heavy atom. The minimum absolute atomic E-state index is 0.681. The molecule has 1 fully saturated rings. The maximum absolute atomic E-state index is 6.17. The van der Waals surface area contributed by atoms with E-state index in [0.29, 0.717) is 5.92 Å². The van der Waals surface area contributed by atoms with Gasteiger partial charge in [0.15, 0.2) is 0 Å². The molecule has 1 aromatic heterocycles. The first-order valence-electron chi connectivity index (χ1n) is 8.23. The van der Waals surface area contributed by atoms with Gasteiger partial charge in [0.2, 0.25) is 0 Å². The van der Waals surface area contributed by atoms with Crippen molar-refractivity contribution in [2.45, 2.75) is 19.8 Å². The Kier molecular flexibility index (Phi) is 3.94. The highest BCUT2D eigenvalue weighted by Crippen LogP contribution is 2.43. The average Bonchev–Trinajstić information content (AvgIpc) is 3.21. The molecule has 0 amide bonds. The van der Waals surface area contributed by atoms with Gasteiger partial charge < -0.3 is 9.80 Å². The van der Waals surface area contributed by atoms with Gasteiger partial charge >= 0.3 is 0 Å². The third-order valence-corrected chi connectivity index (χ3v) is 5.77. The first-order valence-corrected chi connectivity index (χ1v) is 9.11. The summed E-state index contributed by atoms with van der Waals surface area (Å²) in [6.07, 6.45) is 9.01. The van der Waals surface area contributed by atoms with Gasteiger partial charge in [0.1, 0.15) is 10.7 Å². The highest BCUT2D eigenvalue weighted by Gasteiger charge is 2.28. The van der Waals surface area contributed by atoms with E-state index in [2.05, 4.69) is 46.5 Å². The zero-order valence-electron chi connectivity index (χ0n) is 13.1. The van der Waals surface area contributed by atoms with E-state index in [4.69, 9.17) is 4.84 Å². The number of rotatable bonds is 4. The standard InChI is InChI=1S/C17H23N3OS/c1-2-18-9-5-14(6-10-18)13-21-20-12-15-4-3-8-19(15)17-16(20)7-11-22-17/h3-4,7,11-12,14H,2,5-6,8-10,13H2,1H3. The number of thiophene rings is 1. The number of fused-ring (bicyclic) bond motifs is 3. The van der Waals surface area contributed by atoms with Crippen LogP contribution < -0.4 is 9.96 Å². The van der Waals surface area contributed by atoms with Gasteiger partial charge in [-0.15, -0.1) is 11.3 Å². The number of nitrogens with zero attached hydrogens (tertiary/aromatic N) is 3. The quantitative estimate of drug-likeness (QED) is 0.846. The number of hydroxylamine groups is 1. The summed E-state index contributed by atoms with van der Waals surface area (Å²) in [7, 11) is 0. The highest BCUT2D eigenvalue weighted by atomic mass is 32.1. The molecule has 4 nitrogen and oxygen atoms in total. The number of piperidine rings is 1. The van der Waals surface area contributed by atoms with Crippen molar-refractivity contribution in [2.24, 2.45) is 5.92 Å². The van der Waals surface area contributed by atoms with Gasteiger partial charge in [0, 0.05) is 6.54 Å². The molecule has 3 aliphatic rings. The Balaban J connectivity index is 1.41. The molecule has 0 atom stereocenters. The molecule has 0 saturated carbocycles. The van der Waals surface area contributed by atoms with E-state index in [1.54, 1.807) is 11.3 Å². The molecule has 0 radical (unpaired) electrons. The molecule has 0 unspecified atom stereocenters. The van der Waals surface area contributed by atoms with Crippen LogP contribution in [0.4, 0.5) is 10.7 Å². The monoisotopic (exact) mass is 317 g/mol. The third-order valence-electron chi connectivity index (χ3n) is 4.85. The first kappa shape index (κ1) is 14.3. The molecule has 3 aliphatic heterocycles. The summed E-state index contributed by atoms with van der Waals surface area (Å²) in [6.45, 7) is 7.64. The van der Waals surface area contributed by atoms with Crippen LogP contribution >= 0.6 is 11.3 Å². The zero-order chi connectivity index (χ0) is 14.9. The normalized spacial score (nSPS) is 22.0. The lowest BCUT2D eigenvalue weighted by atomic mass is 9.98. The predicted octanol–water partition coefficient (Wildman–Crippen LogP) is 3.45. The maximum atomic E-state index is 6.17. The van der Waals surface area contributed by atoms with E-state index >= 15 is 0 Å². The second kappa shape index (κ2) is 6.07. The fourth-order valence-corrected chi connectivity index (χ4v) is 4.31. The van der Waals surface area contributed by atoms with Crippen molar-refractivity contribution in [3.8, 4) is 0 Å². The SMILES string of the molecule is CCN1CCC(CON2C=C3C=CCN3c3sccc32)CC1. The number of likely N-dealkylation sites (tertiary alicyclic amines) is 1. The van der Waals surface area contributed by atoms with Crippen molar-refractivity contribution >= 4 is 22.0 Å². The summed E-state index contributed by atoms with van der Waals surface area (Å²) in [4.78, 5) is 11.0. The summed E-state index contributed by atoms with van der Waals surface area (Å²) < 4.78 is 0. The molecule has 0 bridgehead atoms. The van der Waals surface area contributed by atoms with Crippen LogP contribution in [0, 0.1) is 5.92 Å². The van der Waals surface area contributed by atoms with Crippen LogP contribution in [0.1, 0.15) is 19.8 Å². The van der Waals surface area contributed by atoms with Gasteiger partial charge in [-0.3, -0.25) is 4.84 Å².